The first-order chi connectivity index (χ1) is 29.3. The summed E-state index contributed by atoms with van der Waals surface area (Å²) in [7, 11) is 0. The average molecular weight is 754 g/mol. The number of fused-ring (bicyclic) bond motifs is 6. The predicted octanol–water partition coefficient (Wildman–Crippen LogP) is 15.3. The Balaban J connectivity index is 0.917. The van der Waals surface area contributed by atoms with E-state index in [-0.39, 0.29) is 0 Å². The Morgan fingerprint density at radius 3 is 1.54 bits per heavy atom. The van der Waals surface area contributed by atoms with Crippen LogP contribution in [0, 0.1) is 0 Å². The van der Waals surface area contributed by atoms with Gasteiger partial charge in [0.2, 0.25) is 0 Å². The van der Waals surface area contributed by atoms with Crippen molar-refractivity contribution in [1.29, 1.82) is 0 Å². The first-order valence-corrected chi connectivity index (χ1v) is 20.3. The van der Waals surface area contributed by atoms with Gasteiger partial charge in [0.05, 0.1) is 5.41 Å². The van der Waals surface area contributed by atoms with E-state index >= 15 is 0 Å². The number of benzene rings is 9. The van der Waals surface area contributed by atoms with Gasteiger partial charge in [0.25, 0.3) is 0 Å². The zero-order valence-electron chi connectivity index (χ0n) is 32.4. The highest BCUT2D eigenvalue weighted by Crippen LogP contribution is 2.58. The minimum atomic E-state index is -0.416. The summed E-state index contributed by atoms with van der Waals surface area (Å²) < 4.78 is 6.54. The summed E-state index contributed by atoms with van der Waals surface area (Å²) in [6.45, 7) is 0. The third-order valence-corrected chi connectivity index (χ3v) is 11.9. The van der Waals surface area contributed by atoms with Crippen LogP contribution in [-0.4, -0.2) is 0 Å². The molecule has 1 aromatic heterocycles. The highest BCUT2D eigenvalue weighted by Gasteiger charge is 2.46. The van der Waals surface area contributed by atoms with E-state index in [2.05, 4.69) is 229 Å². The maximum atomic E-state index is 6.54. The quantitative estimate of drug-likeness (QED) is 0.144. The van der Waals surface area contributed by atoms with Crippen LogP contribution in [0.2, 0.25) is 0 Å². The van der Waals surface area contributed by atoms with Crippen molar-refractivity contribution in [2.24, 2.45) is 0 Å². The van der Waals surface area contributed by atoms with Crippen molar-refractivity contribution >= 4 is 51.2 Å². The van der Waals surface area contributed by atoms with Crippen molar-refractivity contribution in [1.82, 2.24) is 0 Å². The molecule has 0 radical (unpaired) electrons. The fraction of sp³-hybridized carbons (Fsp3) is 0.0175. The van der Waals surface area contributed by atoms with Crippen LogP contribution in [0.25, 0.3) is 56.3 Å². The normalized spacial score (nSPS) is 12.8. The molecule has 10 aromatic rings. The molecule has 1 heterocycles. The number of furan rings is 1. The maximum Gasteiger partial charge on any atom is 0.137 e. The van der Waals surface area contributed by atoms with Gasteiger partial charge in [0.1, 0.15) is 11.2 Å². The molecule has 2 nitrogen and oxygen atoms in total. The van der Waals surface area contributed by atoms with Crippen molar-refractivity contribution in [3.63, 3.8) is 0 Å². The first-order valence-electron chi connectivity index (χ1n) is 20.3. The molecule has 0 spiro atoms. The molecule has 0 bridgehead atoms. The molecule has 9 aromatic carbocycles. The van der Waals surface area contributed by atoms with E-state index in [1.54, 1.807) is 0 Å². The first kappa shape index (κ1) is 34.6. The van der Waals surface area contributed by atoms with E-state index in [1.165, 1.54) is 44.5 Å². The number of rotatable bonds is 8. The summed E-state index contributed by atoms with van der Waals surface area (Å²) in [4.78, 5) is 2.26. The van der Waals surface area contributed by atoms with Gasteiger partial charge >= 0.3 is 0 Å². The molecule has 1 aliphatic carbocycles. The Morgan fingerprint density at radius 1 is 0.373 bits per heavy atom. The molecular weight excluding hydrogens is 715 g/mol. The summed E-state index contributed by atoms with van der Waals surface area (Å²) in [5.74, 6) is 0. The second-order valence-corrected chi connectivity index (χ2v) is 15.3. The zero-order valence-corrected chi connectivity index (χ0v) is 32.4. The van der Waals surface area contributed by atoms with Gasteiger partial charge in [-0.1, -0.05) is 182 Å². The number of para-hydroxylation sites is 2. The Morgan fingerprint density at radius 2 is 0.881 bits per heavy atom. The second kappa shape index (κ2) is 14.4. The Hall–Kier alpha value is -7.68. The van der Waals surface area contributed by atoms with Crippen molar-refractivity contribution in [2.75, 3.05) is 4.90 Å². The van der Waals surface area contributed by atoms with Crippen molar-refractivity contribution in [3.8, 4) is 22.3 Å². The van der Waals surface area contributed by atoms with Crippen LogP contribution in [0.5, 0.6) is 0 Å². The topological polar surface area (TPSA) is 16.4 Å². The molecule has 0 fully saturated rings. The predicted molar refractivity (Wildman–Crippen MR) is 247 cm³/mol. The molecule has 0 unspecified atom stereocenters. The summed E-state index contributed by atoms with van der Waals surface area (Å²) in [6.07, 6.45) is 4.36. The average Bonchev–Trinajstić information content (AvgIpc) is 3.83. The SMILES string of the molecule is C(=C\c1ccc2c(c1)oc1cc(N(c3ccccc3)c3ccccc3)ccc12)/c1ccc(-c2cccc3c2-c2ccccc2C3(c2ccccc2)c2ccccc2)cc1. The molecule has 0 saturated heterocycles. The van der Waals surface area contributed by atoms with E-state index < -0.39 is 5.41 Å². The van der Waals surface area contributed by atoms with Gasteiger partial charge in [0.15, 0.2) is 0 Å². The molecule has 278 valence electrons. The molecule has 0 atom stereocenters. The minimum Gasteiger partial charge on any atom is -0.456 e. The third kappa shape index (κ3) is 5.80. The van der Waals surface area contributed by atoms with Gasteiger partial charge in [-0.15, -0.1) is 0 Å². The summed E-state index contributed by atoms with van der Waals surface area (Å²) >= 11 is 0. The second-order valence-electron chi connectivity index (χ2n) is 15.3. The summed E-state index contributed by atoms with van der Waals surface area (Å²) in [5.41, 5.74) is 17.0. The summed E-state index contributed by atoms with van der Waals surface area (Å²) in [6, 6.07) is 80.7. The van der Waals surface area contributed by atoms with E-state index in [0.29, 0.717) is 0 Å². The van der Waals surface area contributed by atoms with Crippen LogP contribution in [0.4, 0.5) is 17.1 Å². The fourth-order valence-electron chi connectivity index (χ4n) is 9.33. The molecule has 0 saturated carbocycles. The number of hydrogen-bond acceptors (Lipinski definition) is 2. The molecule has 11 rings (SSSR count). The van der Waals surface area contributed by atoms with E-state index in [0.717, 1.165) is 50.1 Å². The molecule has 0 aliphatic heterocycles. The lowest BCUT2D eigenvalue weighted by Crippen LogP contribution is -2.28. The van der Waals surface area contributed by atoms with E-state index in [9.17, 15) is 0 Å². The van der Waals surface area contributed by atoms with Gasteiger partial charge in [-0.05, 0) is 104 Å². The molecule has 1 aliphatic rings. The molecule has 59 heavy (non-hydrogen) atoms. The van der Waals surface area contributed by atoms with Gasteiger partial charge in [-0.2, -0.15) is 0 Å². The monoisotopic (exact) mass is 753 g/mol. The maximum absolute atomic E-state index is 6.54. The number of hydrogen-bond donors (Lipinski definition) is 0. The summed E-state index contributed by atoms with van der Waals surface area (Å²) in [5, 5.41) is 2.22. The lowest BCUT2D eigenvalue weighted by atomic mass is 9.67. The Labute approximate surface area is 344 Å². The Kier molecular flexibility index (Phi) is 8.41. The van der Waals surface area contributed by atoms with Crippen LogP contribution in [0.1, 0.15) is 33.4 Å². The molecule has 0 N–H and O–H groups in total. The molecule has 0 amide bonds. The van der Waals surface area contributed by atoms with Crippen LogP contribution >= 0.6 is 0 Å². The standard InChI is InChI=1S/C57H39NO/c1-5-16-43(17-6-1)57(44-18-7-2-8-19-44)52-26-14-13-24-51(52)56-48(25-15-27-53(56)57)42-33-30-40(31-34-42)28-29-41-32-36-49-50-37-35-47(39-55(50)59-54(49)38-41)58(45-20-9-3-10-21-45)46-22-11-4-12-23-46/h1-39H/b29-28+. The van der Waals surface area contributed by atoms with Gasteiger partial charge < -0.3 is 9.32 Å². The van der Waals surface area contributed by atoms with Crippen LogP contribution in [-0.2, 0) is 5.41 Å². The van der Waals surface area contributed by atoms with Crippen LogP contribution < -0.4 is 4.90 Å². The van der Waals surface area contributed by atoms with Crippen molar-refractivity contribution in [3.05, 3.63) is 258 Å². The van der Waals surface area contributed by atoms with Gasteiger partial charge in [0, 0.05) is 33.9 Å². The molecule has 2 heteroatoms. The highest BCUT2D eigenvalue weighted by molar-refractivity contribution is 6.07. The van der Waals surface area contributed by atoms with Crippen molar-refractivity contribution < 1.29 is 4.42 Å². The van der Waals surface area contributed by atoms with Crippen molar-refractivity contribution in [2.45, 2.75) is 5.41 Å². The molecular formula is C57H39NO. The minimum absolute atomic E-state index is 0.416. The largest absolute Gasteiger partial charge is 0.456 e. The lowest BCUT2D eigenvalue weighted by molar-refractivity contribution is 0.669. The fourth-order valence-corrected chi connectivity index (χ4v) is 9.33. The van der Waals surface area contributed by atoms with E-state index in [4.69, 9.17) is 4.42 Å². The smallest absolute Gasteiger partial charge is 0.137 e. The van der Waals surface area contributed by atoms with Crippen LogP contribution in [0.3, 0.4) is 0 Å². The number of nitrogens with zero attached hydrogens (tertiary/aromatic N) is 1. The Bertz CT molecular complexity index is 3050. The van der Waals surface area contributed by atoms with Gasteiger partial charge in [-0.3, -0.25) is 0 Å². The van der Waals surface area contributed by atoms with Gasteiger partial charge in [-0.25, -0.2) is 0 Å². The zero-order chi connectivity index (χ0) is 39.2. The van der Waals surface area contributed by atoms with E-state index in [1.807, 2.05) is 12.1 Å². The lowest BCUT2D eigenvalue weighted by Gasteiger charge is -2.34. The number of anilines is 3. The van der Waals surface area contributed by atoms with Crippen LogP contribution in [0.15, 0.2) is 229 Å². The third-order valence-electron chi connectivity index (χ3n) is 11.9. The highest BCUT2D eigenvalue weighted by atomic mass is 16.3.